The fourth-order valence-corrected chi connectivity index (χ4v) is 2.17. The minimum atomic E-state index is -3.43. The molecule has 0 spiro atoms. The SMILES string of the molecule is CP(=O)(O)c1nccn1-c1ccc(Cl)nn1. The first-order valence-electron chi connectivity index (χ1n) is 4.32. The van der Waals surface area contributed by atoms with Gasteiger partial charge in [0.15, 0.2) is 11.0 Å². The van der Waals surface area contributed by atoms with Crippen LogP contribution in [0.4, 0.5) is 0 Å². The number of nitrogens with zero attached hydrogens (tertiary/aromatic N) is 4. The molecule has 6 nitrogen and oxygen atoms in total. The summed E-state index contributed by atoms with van der Waals surface area (Å²) in [6.07, 6.45) is 2.97. The second-order valence-electron chi connectivity index (χ2n) is 3.19. The van der Waals surface area contributed by atoms with Crippen LogP contribution in [0.3, 0.4) is 0 Å². The second kappa shape index (κ2) is 3.97. The largest absolute Gasteiger partial charge is 0.339 e. The minimum Gasteiger partial charge on any atom is -0.339 e. The van der Waals surface area contributed by atoms with Crippen molar-refractivity contribution in [1.82, 2.24) is 19.7 Å². The zero-order valence-corrected chi connectivity index (χ0v) is 9.93. The van der Waals surface area contributed by atoms with E-state index in [1.165, 1.54) is 17.4 Å². The number of aromatic nitrogens is 4. The molecule has 0 fully saturated rings. The highest BCUT2D eigenvalue weighted by Gasteiger charge is 2.21. The molecule has 0 saturated carbocycles. The molecule has 0 amide bonds. The molecule has 8 heteroatoms. The average Bonchev–Trinajstić information content (AvgIpc) is 2.66. The van der Waals surface area contributed by atoms with Crippen LogP contribution in [0.25, 0.3) is 5.82 Å². The summed E-state index contributed by atoms with van der Waals surface area (Å²) in [5.41, 5.74) is 0.0594. The molecule has 0 radical (unpaired) electrons. The summed E-state index contributed by atoms with van der Waals surface area (Å²) >= 11 is 5.60. The highest BCUT2D eigenvalue weighted by atomic mass is 35.5. The zero-order valence-electron chi connectivity index (χ0n) is 8.28. The van der Waals surface area contributed by atoms with Crippen molar-refractivity contribution in [1.29, 1.82) is 0 Å². The van der Waals surface area contributed by atoms with Crippen molar-refractivity contribution in [2.45, 2.75) is 0 Å². The van der Waals surface area contributed by atoms with Gasteiger partial charge in [-0.1, -0.05) is 11.6 Å². The zero-order chi connectivity index (χ0) is 11.8. The van der Waals surface area contributed by atoms with Crippen LogP contribution in [0.5, 0.6) is 0 Å². The third kappa shape index (κ3) is 2.14. The lowest BCUT2D eigenvalue weighted by molar-refractivity contribution is 0.493. The Bertz CT molecular complexity index is 547. The standard InChI is InChI=1S/C8H8ClN4O2P/c1-16(14,15)8-10-4-5-13(8)7-3-2-6(9)11-12-7/h2-5H,1H3,(H,14,15). The molecule has 2 rings (SSSR count). The molecule has 0 aliphatic carbocycles. The lowest BCUT2D eigenvalue weighted by Crippen LogP contribution is -2.18. The maximum Gasteiger partial charge on any atom is 0.261 e. The molecule has 1 atom stereocenters. The maximum atomic E-state index is 11.5. The highest BCUT2D eigenvalue weighted by Crippen LogP contribution is 2.33. The van der Waals surface area contributed by atoms with Crippen molar-refractivity contribution >= 4 is 24.5 Å². The number of hydrogen-bond acceptors (Lipinski definition) is 4. The van der Waals surface area contributed by atoms with Gasteiger partial charge in [-0.2, -0.15) is 0 Å². The van der Waals surface area contributed by atoms with Crippen LogP contribution in [-0.2, 0) is 4.57 Å². The van der Waals surface area contributed by atoms with Crippen LogP contribution >= 0.6 is 19.0 Å². The summed E-state index contributed by atoms with van der Waals surface area (Å²) in [5, 5.41) is 7.72. The van der Waals surface area contributed by atoms with E-state index in [2.05, 4.69) is 15.2 Å². The Morgan fingerprint density at radius 1 is 1.44 bits per heavy atom. The van der Waals surface area contributed by atoms with E-state index in [-0.39, 0.29) is 10.7 Å². The second-order valence-corrected chi connectivity index (χ2v) is 5.74. The van der Waals surface area contributed by atoms with Gasteiger partial charge in [-0.25, -0.2) is 4.98 Å². The molecule has 2 aromatic rings. The van der Waals surface area contributed by atoms with E-state index >= 15 is 0 Å². The molecular formula is C8H8ClN4O2P. The Balaban J connectivity index is 2.53. The monoisotopic (exact) mass is 258 g/mol. The molecule has 1 N–H and O–H groups in total. The molecule has 1 unspecified atom stereocenters. The fraction of sp³-hybridized carbons (Fsp3) is 0.125. The van der Waals surface area contributed by atoms with Crippen LogP contribution in [0.2, 0.25) is 5.15 Å². The molecule has 0 saturated heterocycles. The first-order chi connectivity index (χ1) is 7.48. The minimum absolute atomic E-state index is 0.0594. The molecule has 2 heterocycles. The highest BCUT2D eigenvalue weighted by molar-refractivity contribution is 7.64. The van der Waals surface area contributed by atoms with Gasteiger partial charge in [0.2, 0.25) is 5.57 Å². The third-order valence-electron chi connectivity index (χ3n) is 1.86. The van der Waals surface area contributed by atoms with Gasteiger partial charge >= 0.3 is 0 Å². The Morgan fingerprint density at radius 3 is 2.75 bits per heavy atom. The smallest absolute Gasteiger partial charge is 0.261 e. The third-order valence-corrected chi connectivity index (χ3v) is 3.13. The van der Waals surface area contributed by atoms with Gasteiger partial charge in [0.1, 0.15) is 0 Å². The van der Waals surface area contributed by atoms with Crippen molar-refractivity contribution in [2.24, 2.45) is 0 Å². The van der Waals surface area contributed by atoms with Crippen molar-refractivity contribution in [3.8, 4) is 5.82 Å². The van der Waals surface area contributed by atoms with E-state index < -0.39 is 7.37 Å². The number of rotatable bonds is 2. The van der Waals surface area contributed by atoms with Gasteiger partial charge in [0.05, 0.1) is 0 Å². The lowest BCUT2D eigenvalue weighted by Gasteiger charge is -2.07. The summed E-state index contributed by atoms with van der Waals surface area (Å²) in [5.74, 6) is 0.396. The van der Waals surface area contributed by atoms with Crippen LogP contribution in [0.1, 0.15) is 0 Å². The predicted octanol–water partition coefficient (Wildman–Crippen LogP) is 0.841. The summed E-state index contributed by atoms with van der Waals surface area (Å²) in [6, 6.07) is 3.14. The summed E-state index contributed by atoms with van der Waals surface area (Å²) in [4.78, 5) is 13.3. The Labute approximate surface area is 96.4 Å². The van der Waals surface area contributed by atoms with Crippen LogP contribution in [-0.4, -0.2) is 31.3 Å². The van der Waals surface area contributed by atoms with E-state index in [0.717, 1.165) is 0 Å². The Hall–Kier alpha value is -1.23. The lowest BCUT2D eigenvalue weighted by atomic mass is 10.5. The maximum absolute atomic E-state index is 11.5. The Kier molecular flexibility index (Phi) is 2.80. The summed E-state index contributed by atoms with van der Waals surface area (Å²) < 4.78 is 12.9. The topological polar surface area (TPSA) is 80.9 Å². The van der Waals surface area contributed by atoms with Gasteiger partial charge in [-0.3, -0.25) is 9.13 Å². The molecule has 2 aromatic heterocycles. The van der Waals surface area contributed by atoms with Crippen molar-refractivity contribution in [2.75, 3.05) is 6.66 Å². The van der Waals surface area contributed by atoms with E-state index in [1.54, 1.807) is 18.3 Å². The van der Waals surface area contributed by atoms with Gasteiger partial charge in [0, 0.05) is 19.1 Å². The van der Waals surface area contributed by atoms with E-state index in [1.807, 2.05) is 0 Å². The molecule has 84 valence electrons. The predicted molar refractivity (Wildman–Crippen MR) is 59.5 cm³/mol. The van der Waals surface area contributed by atoms with Gasteiger partial charge < -0.3 is 4.89 Å². The van der Waals surface area contributed by atoms with Gasteiger partial charge in [-0.15, -0.1) is 10.2 Å². The van der Waals surface area contributed by atoms with Crippen LogP contribution in [0, 0.1) is 0 Å². The fourth-order valence-electron chi connectivity index (χ4n) is 1.22. The van der Waals surface area contributed by atoms with Gasteiger partial charge in [0.25, 0.3) is 7.37 Å². The average molecular weight is 259 g/mol. The molecular weight excluding hydrogens is 251 g/mol. The quantitative estimate of drug-likeness (QED) is 0.808. The van der Waals surface area contributed by atoms with Crippen LogP contribution in [0.15, 0.2) is 24.5 Å². The molecule has 0 aromatic carbocycles. The number of halogens is 1. The van der Waals surface area contributed by atoms with Crippen molar-refractivity contribution in [3.63, 3.8) is 0 Å². The number of hydrogen-bond donors (Lipinski definition) is 1. The van der Waals surface area contributed by atoms with E-state index in [9.17, 15) is 9.46 Å². The van der Waals surface area contributed by atoms with Gasteiger partial charge in [-0.05, 0) is 12.1 Å². The van der Waals surface area contributed by atoms with Crippen molar-refractivity contribution < 1.29 is 9.46 Å². The number of imidazole rings is 1. The summed E-state index contributed by atoms with van der Waals surface area (Å²) in [7, 11) is -3.43. The first kappa shape index (κ1) is 11.3. The Morgan fingerprint density at radius 2 is 2.19 bits per heavy atom. The van der Waals surface area contributed by atoms with E-state index in [4.69, 9.17) is 11.6 Å². The molecule has 0 aliphatic rings. The molecule has 0 bridgehead atoms. The van der Waals surface area contributed by atoms with E-state index in [0.29, 0.717) is 5.82 Å². The molecule has 0 aliphatic heterocycles. The first-order valence-corrected chi connectivity index (χ1v) is 6.81. The molecule has 16 heavy (non-hydrogen) atoms. The summed E-state index contributed by atoms with van der Waals surface area (Å²) in [6.45, 7) is 1.22. The normalized spacial score (nSPS) is 14.7. The van der Waals surface area contributed by atoms with Crippen molar-refractivity contribution in [3.05, 3.63) is 29.7 Å². The van der Waals surface area contributed by atoms with Crippen LogP contribution < -0.4 is 5.57 Å².